The van der Waals surface area contributed by atoms with Crippen LogP contribution in [0.5, 0.6) is 0 Å². The van der Waals surface area contributed by atoms with Crippen LogP contribution in [0.1, 0.15) is 65.9 Å². The van der Waals surface area contributed by atoms with Gasteiger partial charge in [-0.3, -0.25) is 9.69 Å². The maximum Gasteiger partial charge on any atom is 0.194 e. The number of hydrogen-bond donors (Lipinski definition) is 1. The van der Waals surface area contributed by atoms with E-state index in [9.17, 15) is 18.7 Å². The molecule has 182 valence electrons. The third kappa shape index (κ3) is 5.07. The minimum atomic E-state index is -1.30. The Morgan fingerprint density at radius 1 is 0.857 bits per heavy atom. The van der Waals surface area contributed by atoms with E-state index >= 15 is 0 Å². The van der Waals surface area contributed by atoms with Gasteiger partial charge in [0.1, 0.15) is 17.2 Å². The number of hydrogen-bond acceptors (Lipinski definition) is 3. The molecule has 2 heterocycles. The smallest absolute Gasteiger partial charge is 0.194 e. The fraction of sp³-hybridized carbons (Fsp3) is 0.367. The van der Waals surface area contributed by atoms with Crippen molar-refractivity contribution in [3.63, 3.8) is 0 Å². The Bertz CT molecular complexity index is 1090. The molecule has 2 saturated heterocycles. The number of carbonyl (C=O) groups is 1. The Balaban J connectivity index is 1.25. The molecule has 0 aromatic heterocycles. The highest BCUT2D eigenvalue weighted by Crippen LogP contribution is 2.42. The summed E-state index contributed by atoms with van der Waals surface area (Å²) < 4.78 is 27.0. The van der Waals surface area contributed by atoms with Crippen molar-refractivity contribution in [1.82, 2.24) is 4.90 Å². The van der Waals surface area contributed by atoms with Gasteiger partial charge in [-0.05, 0) is 80.5 Å². The fourth-order valence-electron chi connectivity index (χ4n) is 6.12. The van der Waals surface area contributed by atoms with E-state index in [0.717, 1.165) is 43.4 Å². The SMILES string of the molecule is O=C(c1ccccc1)C1(O)CC2CCC(C1)N2CCCC(c1ccc(F)cc1)c1ccc(F)cc1. The van der Waals surface area contributed by atoms with E-state index in [1.54, 1.807) is 12.1 Å². The van der Waals surface area contributed by atoms with E-state index < -0.39 is 5.60 Å². The molecule has 2 atom stereocenters. The summed E-state index contributed by atoms with van der Waals surface area (Å²) in [5.41, 5.74) is 1.31. The largest absolute Gasteiger partial charge is 0.382 e. The van der Waals surface area contributed by atoms with E-state index in [4.69, 9.17) is 0 Å². The Hall–Kier alpha value is -2.89. The zero-order valence-corrected chi connectivity index (χ0v) is 19.7. The zero-order valence-electron chi connectivity index (χ0n) is 19.7. The molecule has 2 fully saturated rings. The molecule has 2 aliphatic rings. The van der Waals surface area contributed by atoms with E-state index in [1.165, 1.54) is 24.3 Å². The number of rotatable bonds is 8. The zero-order chi connectivity index (χ0) is 24.4. The van der Waals surface area contributed by atoms with Crippen LogP contribution < -0.4 is 0 Å². The molecule has 1 N–H and O–H groups in total. The average molecular weight is 476 g/mol. The van der Waals surface area contributed by atoms with Gasteiger partial charge in [-0.15, -0.1) is 0 Å². The maximum atomic E-state index is 13.5. The number of benzene rings is 3. The molecular formula is C30H31F2NO2. The number of ketones is 1. The predicted molar refractivity (Wildman–Crippen MR) is 132 cm³/mol. The van der Waals surface area contributed by atoms with Crippen LogP contribution in [-0.2, 0) is 0 Å². The molecule has 3 nitrogen and oxygen atoms in total. The minimum absolute atomic E-state index is 0.0511. The van der Waals surface area contributed by atoms with Crippen molar-refractivity contribution in [3.8, 4) is 0 Å². The van der Waals surface area contributed by atoms with Crippen LogP contribution in [-0.4, -0.2) is 40.0 Å². The number of nitrogens with zero attached hydrogens (tertiary/aromatic N) is 1. The summed E-state index contributed by atoms with van der Waals surface area (Å²) in [5.74, 6) is -0.652. The molecule has 0 aliphatic carbocycles. The van der Waals surface area contributed by atoms with Crippen LogP contribution in [0.25, 0.3) is 0 Å². The van der Waals surface area contributed by atoms with E-state index in [2.05, 4.69) is 4.90 Å². The maximum absolute atomic E-state index is 13.5. The molecule has 5 rings (SSSR count). The Labute approximate surface area is 205 Å². The summed E-state index contributed by atoms with van der Waals surface area (Å²) in [7, 11) is 0. The normalized spacial score (nSPS) is 24.1. The van der Waals surface area contributed by atoms with Gasteiger partial charge in [0.2, 0.25) is 0 Å². The molecule has 2 aliphatic heterocycles. The second-order valence-corrected chi connectivity index (χ2v) is 10.1. The topological polar surface area (TPSA) is 40.5 Å². The summed E-state index contributed by atoms with van der Waals surface area (Å²) >= 11 is 0. The third-order valence-corrected chi connectivity index (χ3v) is 7.83. The van der Waals surface area contributed by atoms with Gasteiger partial charge in [-0.2, -0.15) is 0 Å². The van der Waals surface area contributed by atoms with E-state index in [0.29, 0.717) is 18.4 Å². The van der Waals surface area contributed by atoms with Crippen LogP contribution in [0.2, 0.25) is 0 Å². The fourth-order valence-corrected chi connectivity index (χ4v) is 6.12. The number of halogens is 2. The summed E-state index contributed by atoms with van der Waals surface area (Å²) in [6.45, 7) is 0.879. The van der Waals surface area contributed by atoms with Gasteiger partial charge < -0.3 is 5.11 Å². The van der Waals surface area contributed by atoms with Crippen molar-refractivity contribution in [1.29, 1.82) is 0 Å². The van der Waals surface area contributed by atoms with Crippen molar-refractivity contribution in [3.05, 3.63) is 107 Å². The van der Waals surface area contributed by atoms with Gasteiger partial charge in [-0.25, -0.2) is 8.78 Å². The molecule has 3 aromatic rings. The van der Waals surface area contributed by atoms with Gasteiger partial charge >= 0.3 is 0 Å². The second-order valence-electron chi connectivity index (χ2n) is 10.1. The summed E-state index contributed by atoms with van der Waals surface area (Å²) in [6.07, 6.45) is 4.69. The first kappa shape index (κ1) is 23.8. The third-order valence-electron chi connectivity index (χ3n) is 7.83. The average Bonchev–Trinajstić information content (AvgIpc) is 3.12. The number of piperidine rings is 1. The van der Waals surface area contributed by atoms with Gasteiger partial charge in [0.25, 0.3) is 0 Å². The molecule has 0 saturated carbocycles. The monoisotopic (exact) mass is 475 g/mol. The van der Waals surface area contributed by atoms with Crippen molar-refractivity contribution in [2.45, 2.75) is 62.1 Å². The van der Waals surface area contributed by atoms with Gasteiger partial charge in [0.05, 0.1) is 0 Å². The predicted octanol–water partition coefficient (Wildman–Crippen LogP) is 6.12. The molecule has 2 unspecified atom stereocenters. The van der Waals surface area contributed by atoms with E-state index in [-0.39, 0.29) is 35.4 Å². The standard InChI is InChI=1S/C30H31F2NO2/c31-24-12-8-21(9-13-24)28(22-10-14-25(32)15-11-22)7-4-18-33-26-16-17-27(33)20-30(35,19-26)29(34)23-5-2-1-3-6-23/h1-3,5-6,8-15,26-28,35H,4,7,16-20H2. The van der Waals surface area contributed by atoms with Crippen molar-refractivity contribution >= 4 is 5.78 Å². The molecule has 3 aromatic carbocycles. The van der Waals surface area contributed by atoms with Crippen molar-refractivity contribution in [2.75, 3.05) is 6.54 Å². The molecule has 0 amide bonds. The van der Waals surface area contributed by atoms with Crippen LogP contribution in [0.3, 0.4) is 0 Å². The lowest BCUT2D eigenvalue weighted by atomic mass is 9.80. The van der Waals surface area contributed by atoms with E-state index in [1.807, 2.05) is 42.5 Å². The number of carbonyl (C=O) groups excluding carboxylic acids is 1. The lowest BCUT2D eigenvalue weighted by Gasteiger charge is -2.43. The molecule has 35 heavy (non-hydrogen) atoms. The highest BCUT2D eigenvalue weighted by molar-refractivity contribution is 6.02. The van der Waals surface area contributed by atoms with Crippen LogP contribution in [0.15, 0.2) is 78.9 Å². The Kier molecular flexibility index (Phi) is 6.81. The molecule has 0 radical (unpaired) electrons. The second kappa shape index (κ2) is 10.00. The summed E-state index contributed by atoms with van der Waals surface area (Å²) in [5, 5.41) is 11.3. The lowest BCUT2D eigenvalue weighted by Crippen LogP contribution is -2.54. The first-order valence-corrected chi connectivity index (χ1v) is 12.5. The highest BCUT2D eigenvalue weighted by atomic mass is 19.1. The van der Waals surface area contributed by atoms with Crippen molar-refractivity contribution < 1.29 is 18.7 Å². The highest BCUT2D eigenvalue weighted by Gasteiger charge is 2.50. The summed E-state index contributed by atoms with van der Waals surface area (Å²) in [4.78, 5) is 15.6. The van der Waals surface area contributed by atoms with Crippen LogP contribution in [0.4, 0.5) is 8.78 Å². The Morgan fingerprint density at radius 2 is 1.37 bits per heavy atom. The molecule has 2 bridgehead atoms. The number of fused-ring (bicyclic) bond motifs is 2. The van der Waals surface area contributed by atoms with Crippen LogP contribution >= 0.6 is 0 Å². The molecule has 0 spiro atoms. The van der Waals surface area contributed by atoms with Gasteiger partial charge in [0.15, 0.2) is 5.78 Å². The molecule has 5 heteroatoms. The lowest BCUT2D eigenvalue weighted by molar-refractivity contribution is -0.0326. The number of aliphatic hydroxyl groups is 1. The van der Waals surface area contributed by atoms with Crippen molar-refractivity contribution in [2.24, 2.45) is 0 Å². The summed E-state index contributed by atoms with van der Waals surface area (Å²) in [6, 6.07) is 22.6. The first-order chi connectivity index (χ1) is 16.9. The quantitative estimate of drug-likeness (QED) is 0.399. The number of Topliss-reactive ketones (excluding diaryl/α,β-unsaturated/α-hetero) is 1. The molecular weight excluding hydrogens is 444 g/mol. The van der Waals surface area contributed by atoms with Gasteiger partial charge in [0, 0.05) is 23.6 Å². The Morgan fingerprint density at radius 3 is 1.89 bits per heavy atom. The first-order valence-electron chi connectivity index (χ1n) is 12.5. The minimum Gasteiger partial charge on any atom is -0.382 e. The van der Waals surface area contributed by atoms with Gasteiger partial charge in [-0.1, -0.05) is 54.6 Å². The van der Waals surface area contributed by atoms with Crippen LogP contribution in [0, 0.1) is 11.6 Å².